The first-order chi connectivity index (χ1) is 17.3. The molecule has 0 spiro atoms. The van der Waals surface area contributed by atoms with Gasteiger partial charge in [-0.3, -0.25) is 9.59 Å². The maximum Gasteiger partial charge on any atom is 0.268 e. The van der Waals surface area contributed by atoms with Gasteiger partial charge in [0.25, 0.3) is 5.91 Å². The van der Waals surface area contributed by atoms with Crippen molar-refractivity contribution >= 4 is 45.7 Å². The summed E-state index contributed by atoms with van der Waals surface area (Å²) in [5.74, 6) is -0.0378. The molecule has 4 heterocycles. The molecular weight excluding hydrogens is 498 g/mol. The minimum Gasteiger partial charge on any atom is -0.366 e. The van der Waals surface area contributed by atoms with Crippen LogP contribution in [0.4, 0.5) is 0 Å². The second-order valence-corrected chi connectivity index (χ2v) is 11.1. The van der Waals surface area contributed by atoms with Crippen LogP contribution in [0.1, 0.15) is 53.2 Å². The van der Waals surface area contributed by atoms with Crippen LogP contribution in [-0.2, 0) is 6.54 Å². The number of benzene rings is 1. The van der Waals surface area contributed by atoms with Crippen molar-refractivity contribution in [1.82, 2.24) is 19.9 Å². The maximum atomic E-state index is 13.5. The molecule has 1 aliphatic rings. The van der Waals surface area contributed by atoms with E-state index in [0.717, 1.165) is 41.7 Å². The molecule has 4 aromatic rings. The zero-order valence-corrected chi connectivity index (χ0v) is 21.7. The molecule has 1 aliphatic heterocycles. The number of nitrogens with zero attached hydrogens (tertiary/aromatic N) is 3. The van der Waals surface area contributed by atoms with Gasteiger partial charge in [-0.05, 0) is 63.1 Å². The van der Waals surface area contributed by atoms with Crippen LogP contribution in [0, 0.1) is 0 Å². The number of hydrogen-bond acceptors (Lipinski definition) is 6. The molecule has 0 radical (unpaired) electrons. The molecule has 0 atom stereocenters. The van der Waals surface area contributed by atoms with E-state index in [9.17, 15) is 9.59 Å². The minimum atomic E-state index is -0.511. The number of amides is 2. The van der Waals surface area contributed by atoms with Crippen LogP contribution < -0.4 is 11.1 Å². The number of hydrogen-bond donors (Lipinski definition) is 2. The number of piperidine rings is 1. The monoisotopic (exact) mass is 525 g/mol. The highest BCUT2D eigenvalue weighted by Crippen LogP contribution is 2.32. The number of likely N-dealkylation sites (tertiary alicyclic amines) is 1. The first kappa shape index (κ1) is 24.5. The van der Waals surface area contributed by atoms with E-state index in [4.69, 9.17) is 21.9 Å². The number of primary amides is 1. The number of halogens is 1. The summed E-state index contributed by atoms with van der Waals surface area (Å²) < 4.78 is 8.12. The second-order valence-electron chi connectivity index (χ2n) is 9.42. The molecule has 0 aliphatic carbocycles. The number of carbonyl (C=O) groups excluding carboxylic acids is 2. The summed E-state index contributed by atoms with van der Waals surface area (Å²) >= 11 is 7.48. The Morgan fingerprint density at radius 2 is 1.97 bits per heavy atom. The standard InChI is InChI=1S/C26H28ClN5O3S/c1-15(2)31-9-7-18(8-10-31)29-26(34)21-12-17-11-16(25(28)33)3-4-20(17)32(21)14-19-13-22(35-30-19)23-5-6-24(27)36-23/h3-6,11-13,15,18H,7-10,14H2,1-2H3,(H2,28,33)(H,29,34). The van der Waals surface area contributed by atoms with Crippen molar-refractivity contribution in [2.24, 2.45) is 5.73 Å². The SMILES string of the molecule is CC(C)N1CCC(NC(=O)c2cc3cc(C(N)=O)ccc3n2Cc2cc(-c3ccc(Cl)s3)on2)CC1. The van der Waals surface area contributed by atoms with Gasteiger partial charge in [-0.15, -0.1) is 11.3 Å². The Kier molecular flexibility index (Phi) is 6.87. The number of nitrogens with two attached hydrogens (primary N) is 1. The third-order valence-electron chi connectivity index (χ3n) is 6.71. The van der Waals surface area contributed by atoms with E-state index < -0.39 is 5.91 Å². The molecule has 1 aromatic carbocycles. The molecule has 3 N–H and O–H groups in total. The van der Waals surface area contributed by atoms with Crippen molar-refractivity contribution < 1.29 is 14.1 Å². The first-order valence-electron chi connectivity index (χ1n) is 12.0. The van der Waals surface area contributed by atoms with Crippen molar-refractivity contribution in [2.45, 2.75) is 45.3 Å². The number of carbonyl (C=O) groups is 2. The van der Waals surface area contributed by atoms with Crippen molar-refractivity contribution in [3.8, 4) is 10.6 Å². The summed E-state index contributed by atoms with van der Waals surface area (Å²) in [6, 6.07) is 13.2. The summed E-state index contributed by atoms with van der Waals surface area (Å²) in [7, 11) is 0. The van der Waals surface area contributed by atoms with Crippen LogP contribution in [0.25, 0.3) is 21.5 Å². The van der Waals surface area contributed by atoms with Gasteiger partial charge in [-0.2, -0.15) is 0 Å². The zero-order valence-electron chi connectivity index (χ0n) is 20.2. The van der Waals surface area contributed by atoms with Crippen molar-refractivity contribution in [2.75, 3.05) is 13.1 Å². The van der Waals surface area contributed by atoms with E-state index in [0.29, 0.717) is 39.6 Å². The van der Waals surface area contributed by atoms with Gasteiger partial charge in [-0.25, -0.2) is 0 Å². The lowest BCUT2D eigenvalue weighted by atomic mass is 10.0. The molecule has 0 bridgehead atoms. The fourth-order valence-corrected chi connectivity index (χ4v) is 5.70. The van der Waals surface area contributed by atoms with Gasteiger partial charge in [0, 0.05) is 47.7 Å². The fraction of sp³-hybridized carbons (Fsp3) is 0.346. The Labute approximate surface area is 218 Å². The average molecular weight is 526 g/mol. The number of fused-ring (bicyclic) bond motifs is 1. The van der Waals surface area contributed by atoms with Crippen LogP contribution in [0.15, 0.2) is 47.0 Å². The highest BCUT2D eigenvalue weighted by molar-refractivity contribution is 7.19. The molecule has 10 heteroatoms. The molecule has 0 saturated carbocycles. The third-order valence-corrected chi connectivity index (χ3v) is 7.95. The van der Waals surface area contributed by atoms with Crippen molar-refractivity contribution in [3.63, 3.8) is 0 Å². The van der Waals surface area contributed by atoms with Crippen molar-refractivity contribution in [1.29, 1.82) is 0 Å². The van der Waals surface area contributed by atoms with Gasteiger partial charge >= 0.3 is 0 Å². The first-order valence-corrected chi connectivity index (χ1v) is 13.2. The molecule has 2 amide bonds. The van der Waals surface area contributed by atoms with Gasteiger partial charge in [-0.1, -0.05) is 16.8 Å². The normalized spacial score (nSPS) is 15.1. The number of nitrogens with one attached hydrogen (secondary N) is 1. The Hall–Kier alpha value is -3.14. The zero-order chi connectivity index (χ0) is 25.4. The lowest BCUT2D eigenvalue weighted by Gasteiger charge is -2.34. The van der Waals surface area contributed by atoms with Gasteiger partial charge in [0.15, 0.2) is 5.76 Å². The molecule has 36 heavy (non-hydrogen) atoms. The predicted octanol–water partition coefficient (Wildman–Crippen LogP) is 4.76. The molecule has 8 nitrogen and oxygen atoms in total. The molecular formula is C26H28ClN5O3S. The summed E-state index contributed by atoms with van der Waals surface area (Å²) in [4.78, 5) is 28.5. The van der Waals surface area contributed by atoms with Gasteiger partial charge < -0.3 is 25.0 Å². The van der Waals surface area contributed by atoms with Crippen LogP contribution >= 0.6 is 22.9 Å². The molecule has 1 saturated heterocycles. The van der Waals surface area contributed by atoms with Gasteiger partial charge in [0.1, 0.15) is 11.4 Å². The molecule has 188 valence electrons. The van der Waals surface area contributed by atoms with Crippen LogP contribution in [0.5, 0.6) is 0 Å². The Morgan fingerprint density at radius 1 is 1.19 bits per heavy atom. The predicted molar refractivity (Wildman–Crippen MR) is 142 cm³/mol. The highest BCUT2D eigenvalue weighted by Gasteiger charge is 2.25. The van der Waals surface area contributed by atoms with E-state index in [1.54, 1.807) is 18.2 Å². The van der Waals surface area contributed by atoms with Crippen LogP contribution in [0.3, 0.4) is 0 Å². The van der Waals surface area contributed by atoms with E-state index in [2.05, 4.69) is 29.2 Å². The van der Waals surface area contributed by atoms with E-state index >= 15 is 0 Å². The van der Waals surface area contributed by atoms with E-state index in [1.165, 1.54) is 11.3 Å². The summed E-state index contributed by atoms with van der Waals surface area (Å²) in [5.41, 5.74) is 7.87. The largest absolute Gasteiger partial charge is 0.366 e. The fourth-order valence-electron chi connectivity index (χ4n) is 4.71. The molecule has 3 aromatic heterocycles. The molecule has 5 rings (SSSR count). The van der Waals surface area contributed by atoms with E-state index in [1.807, 2.05) is 28.8 Å². The molecule has 0 unspecified atom stereocenters. The Bertz CT molecular complexity index is 1410. The smallest absolute Gasteiger partial charge is 0.268 e. The Morgan fingerprint density at radius 3 is 2.64 bits per heavy atom. The quantitative estimate of drug-likeness (QED) is 0.362. The summed E-state index contributed by atoms with van der Waals surface area (Å²) in [6.45, 7) is 6.64. The topological polar surface area (TPSA) is 106 Å². The highest BCUT2D eigenvalue weighted by atomic mass is 35.5. The van der Waals surface area contributed by atoms with Crippen LogP contribution in [0.2, 0.25) is 4.34 Å². The maximum absolute atomic E-state index is 13.5. The lowest BCUT2D eigenvalue weighted by Crippen LogP contribution is -2.46. The van der Waals surface area contributed by atoms with Gasteiger partial charge in [0.2, 0.25) is 5.91 Å². The molecule has 1 fully saturated rings. The number of thiophene rings is 1. The van der Waals surface area contributed by atoms with Crippen LogP contribution in [-0.4, -0.2) is 51.6 Å². The lowest BCUT2D eigenvalue weighted by molar-refractivity contribution is 0.0891. The third kappa shape index (κ3) is 5.04. The summed E-state index contributed by atoms with van der Waals surface area (Å²) in [5, 5.41) is 8.21. The second kappa shape index (κ2) is 10.1. The average Bonchev–Trinajstić information content (AvgIpc) is 3.58. The number of aromatic nitrogens is 2. The minimum absolute atomic E-state index is 0.113. The number of rotatable bonds is 7. The summed E-state index contributed by atoms with van der Waals surface area (Å²) in [6.07, 6.45) is 1.82. The van der Waals surface area contributed by atoms with E-state index in [-0.39, 0.29) is 11.9 Å². The Balaban J connectivity index is 1.43. The van der Waals surface area contributed by atoms with Gasteiger partial charge in [0.05, 0.1) is 15.8 Å². The van der Waals surface area contributed by atoms with Crippen molar-refractivity contribution in [3.05, 3.63) is 63.8 Å².